The van der Waals surface area contributed by atoms with Gasteiger partial charge in [0.15, 0.2) is 5.78 Å². The highest BCUT2D eigenvalue weighted by molar-refractivity contribution is 6.36. The monoisotopic (exact) mass is 733 g/mol. The van der Waals surface area contributed by atoms with E-state index in [1.807, 2.05) is 40.8 Å². The SMILES string of the molecule is Cn1cc(C(=O)Nc2cc(Cl)c(CC(=O)C(O[C@H]3CC[C@H](C(=O)O)CC3)(N3CCCC3)N3CCN(CC(F)F)CC3)cc2Cl)c2ccccc21. The average molecular weight is 735 g/mol. The summed E-state index contributed by atoms with van der Waals surface area (Å²) in [6.45, 7) is 2.26. The second kappa shape index (κ2) is 15.6. The normalized spacial score (nSPS) is 22.2. The number of aromatic nitrogens is 1. The highest BCUT2D eigenvalue weighted by atomic mass is 35.5. The van der Waals surface area contributed by atoms with E-state index >= 15 is 0 Å². The maximum atomic E-state index is 14.9. The second-order valence-corrected chi connectivity index (χ2v) is 14.4. The fraction of sp³-hybridized carbons (Fsp3) is 0.528. The lowest BCUT2D eigenvalue weighted by atomic mass is 9.87. The van der Waals surface area contributed by atoms with Gasteiger partial charge in [-0.3, -0.25) is 29.1 Å². The van der Waals surface area contributed by atoms with Gasteiger partial charge in [0.2, 0.25) is 5.85 Å². The number of carbonyl (C=O) groups is 3. The second-order valence-electron chi connectivity index (χ2n) is 13.6. The molecule has 50 heavy (non-hydrogen) atoms. The number of ether oxygens (including phenoxy) is 1. The molecule has 3 fully saturated rings. The van der Waals surface area contributed by atoms with E-state index in [1.165, 1.54) is 0 Å². The van der Waals surface area contributed by atoms with E-state index < -0.39 is 24.2 Å². The maximum Gasteiger partial charge on any atom is 0.306 e. The first-order chi connectivity index (χ1) is 24.0. The fourth-order valence-electron chi connectivity index (χ4n) is 7.70. The quantitative estimate of drug-likeness (QED) is 0.229. The molecular formula is C36H43Cl2F2N5O5. The van der Waals surface area contributed by atoms with Gasteiger partial charge in [-0.2, -0.15) is 0 Å². The highest BCUT2D eigenvalue weighted by Crippen LogP contribution is 2.38. The van der Waals surface area contributed by atoms with Crippen LogP contribution in [-0.2, 0) is 27.8 Å². The molecule has 2 aliphatic heterocycles. The molecule has 1 unspecified atom stereocenters. The number of Topliss-reactive ketones (excluding diaryl/α,β-unsaturated/α-hetero) is 1. The molecule has 2 N–H and O–H groups in total. The number of alkyl halides is 2. The molecule has 0 bridgehead atoms. The number of nitrogens with zero attached hydrogens (tertiary/aromatic N) is 4. The zero-order valence-electron chi connectivity index (χ0n) is 28.1. The minimum Gasteiger partial charge on any atom is -0.481 e. The van der Waals surface area contributed by atoms with Crippen LogP contribution >= 0.6 is 23.2 Å². The third kappa shape index (κ3) is 7.70. The van der Waals surface area contributed by atoms with Crippen molar-refractivity contribution in [2.45, 2.75) is 63.3 Å². The maximum absolute atomic E-state index is 14.9. The van der Waals surface area contributed by atoms with E-state index in [2.05, 4.69) is 10.2 Å². The number of likely N-dealkylation sites (tertiary alicyclic amines) is 1. The van der Waals surface area contributed by atoms with Crippen molar-refractivity contribution in [3.63, 3.8) is 0 Å². The number of halogens is 4. The third-order valence-electron chi connectivity index (χ3n) is 10.3. The zero-order chi connectivity index (χ0) is 35.6. The standard InChI is InChI=1S/C36H43Cl2F2N5O5/c1-42-21-27(26-6-2-3-7-31(26)42)34(47)41-30-20-28(37)24(18-29(30)38)19-32(46)36(44-12-4-5-13-44,45-16-14-43(15-17-45)22-33(39)40)50-25-10-8-23(9-11-25)35(48)49/h2-3,6-7,18,20-21,23,25,33H,4-5,8-17,19,22H2,1H3,(H,41,47)(H,48,49)/t23-,25-,36?. The summed E-state index contributed by atoms with van der Waals surface area (Å²) >= 11 is 13.5. The Bertz CT molecular complexity index is 1720. The topological polar surface area (TPSA) is 107 Å². The minimum atomic E-state index is -2.46. The predicted molar refractivity (Wildman–Crippen MR) is 188 cm³/mol. The molecule has 1 aliphatic carbocycles. The number of ketones is 1. The largest absolute Gasteiger partial charge is 0.481 e. The molecule has 3 heterocycles. The number of anilines is 1. The summed E-state index contributed by atoms with van der Waals surface area (Å²) in [5.74, 6) is -3.39. The molecule has 3 aromatic rings. The van der Waals surface area contributed by atoms with Gasteiger partial charge in [-0.1, -0.05) is 41.4 Å². The van der Waals surface area contributed by atoms with Gasteiger partial charge in [0.05, 0.1) is 34.8 Å². The van der Waals surface area contributed by atoms with E-state index in [1.54, 1.807) is 23.2 Å². The van der Waals surface area contributed by atoms with Crippen molar-refractivity contribution >= 4 is 57.5 Å². The molecule has 2 aromatic carbocycles. The molecule has 14 heteroatoms. The number of benzene rings is 2. The number of amides is 1. The smallest absolute Gasteiger partial charge is 0.306 e. The van der Waals surface area contributed by atoms with Crippen molar-refractivity contribution in [2.75, 3.05) is 51.1 Å². The van der Waals surface area contributed by atoms with Gasteiger partial charge in [-0.15, -0.1) is 0 Å². The third-order valence-corrected chi connectivity index (χ3v) is 11.0. The number of carboxylic acid groups (broad SMARTS) is 1. The van der Waals surface area contributed by atoms with E-state index in [0.717, 1.165) is 23.7 Å². The number of para-hydroxylation sites is 1. The van der Waals surface area contributed by atoms with Crippen molar-refractivity contribution in [2.24, 2.45) is 13.0 Å². The highest BCUT2D eigenvalue weighted by Gasteiger charge is 2.53. The Labute approximate surface area is 300 Å². The first-order valence-electron chi connectivity index (χ1n) is 17.2. The van der Waals surface area contributed by atoms with Crippen molar-refractivity contribution < 1.29 is 33.0 Å². The number of carbonyl (C=O) groups excluding carboxylic acids is 2. The lowest BCUT2D eigenvalue weighted by molar-refractivity contribution is -0.261. The Morgan fingerprint density at radius 3 is 2.28 bits per heavy atom. The predicted octanol–water partition coefficient (Wildman–Crippen LogP) is 6.14. The van der Waals surface area contributed by atoms with Crippen LogP contribution in [0.15, 0.2) is 42.6 Å². The van der Waals surface area contributed by atoms with E-state index in [4.69, 9.17) is 27.9 Å². The van der Waals surface area contributed by atoms with Gasteiger partial charge in [0, 0.05) is 74.9 Å². The fourth-order valence-corrected chi connectivity index (χ4v) is 8.16. The van der Waals surface area contributed by atoms with Gasteiger partial charge in [0.1, 0.15) is 0 Å². The van der Waals surface area contributed by atoms with Crippen LogP contribution < -0.4 is 5.32 Å². The summed E-state index contributed by atoms with van der Waals surface area (Å²) in [4.78, 5) is 45.6. The number of piperazine rings is 1. The van der Waals surface area contributed by atoms with Crippen molar-refractivity contribution in [3.05, 3.63) is 63.8 Å². The summed E-state index contributed by atoms with van der Waals surface area (Å²) in [5, 5.41) is 13.7. The molecule has 0 radical (unpaired) electrons. The molecule has 10 nitrogen and oxygen atoms in total. The van der Waals surface area contributed by atoms with Gasteiger partial charge in [0.25, 0.3) is 12.3 Å². The number of aryl methyl sites for hydroxylation is 1. The molecule has 1 amide bonds. The van der Waals surface area contributed by atoms with Crippen LogP contribution in [0.1, 0.15) is 54.4 Å². The summed E-state index contributed by atoms with van der Waals surface area (Å²) < 4.78 is 35.3. The Balaban J connectivity index is 1.27. The van der Waals surface area contributed by atoms with Crippen LogP contribution in [0, 0.1) is 5.92 Å². The molecule has 1 saturated carbocycles. The molecule has 0 spiro atoms. The molecule has 6 rings (SSSR count). The summed E-state index contributed by atoms with van der Waals surface area (Å²) in [5.41, 5.74) is 2.15. The molecule has 3 aliphatic rings. The molecule has 2 saturated heterocycles. The van der Waals surface area contributed by atoms with Crippen LogP contribution in [0.4, 0.5) is 14.5 Å². The van der Waals surface area contributed by atoms with Crippen LogP contribution in [-0.4, -0.2) is 106 Å². The van der Waals surface area contributed by atoms with E-state index in [-0.39, 0.29) is 40.8 Å². The molecule has 270 valence electrons. The Morgan fingerprint density at radius 1 is 0.960 bits per heavy atom. The zero-order valence-corrected chi connectivity index (χ0v) is 29.6. The lowest BCUT2D eigenvalue weighted by Gasteiger charge is -2.52. The first-order valence-corrected chi connectivity index (χ1v) is 18.0. The number of hydrogen-bond donors (Lipinski definition) is 2. The summed E-state index contributed by atoms with van der Waals surface area (Å²) in [6.07, 6.45) is 2.40. The Morgan fingerprint density at radius 2 is 1.62 bits per heavy atom. The number of rotatable bonds is 12. The van der Waals surface area contributed by atoms with E-state index in [9.17, 15) is 28.3 Å². The Kier molecular flexibility index (Phi) is 11.5. The van der Waals surface area contributed by atoms with Gasteiger partial charge in [-0.05, 0) is 62.3 Å². The van der Waals surface area contributed by atoms with Crippen LogP contribution in [0.2, 0.25) is 10.0 Å². The Hall–Kier alpha value is -3.13. The van der Waals surface area contributed by atoms with Gasteiger partial charge < -0.3 is 19.7 Å². The van der Waals surface area contributed by atoms with Crippen LogP contribution in [0.25, 0.3) is 10.9 Å². The average Bonchev–Trinajstić information content (AvgIpc) is 3.75. The van der Waals surface area contributed by atoms with Gasteiger partial charge >= 0.3 is 5.97 Å². The van der Waals surface area contributed by atoms with Crippen molar-refractivity contribution in [3.8, 4) is 0 Å². The number of hydrogen-bond acceptors (Lipinski definition) is 7. The van der Waals surface area contributed by atoms with Crippen molar-refractivity contribution in [1.29, 1.82) is 0 Å². The number of fused-ring (bicyclic) bond motifs is 1. The van der Waals surface area contributed by atoms with Gasteiger partial charge in [-0.25, -0.2) is 8.78 Å². The number of carboxylic acids is 1. The molecular weight excluding hydrogens is 691 g/mol. The molecule has 1 atom stereocenters. The number of nitrogens with one attached hydrogen (secondary N) is 1. The van der Waals surface area contributed by atoms with Crippen molar-refractivity contribution in [1.82, 2.24) is 19.3 Å². The summed E-state index contributed by atoms with van der Waals surface area (Å²) in [6, 6.07) is 10.7. The number of aliphatic carboxylic acids is 1. The van der Waals surface area contributed by atoms with Crippen LogP contribution in [0.5, 0.6) is 0 Å². The van der Waals surface area contributed by atoms with E-state index in [0.29, 0.717) is 81.8 Å². The molecule has 1 aromatic heterocycles. The van der Waals surface area contributed by atoms with Crippen LogP contribution in [0.3, 0.4) is 0 Å². The first kappa shape index (κ1) is 36.7. The minimum absolute atomic E-state index is 0.131. The lowest BCUT2D eigenvalue weighted by Crippen LogP contribution is -2.71. The summed E-state index contributed by atoms with van der Waals surface area (Å²) in [7, 11) is 1.87.